The van der Waals surface area contributed by atoms with E-state index in [1.807, 2.05) is 54.6 Å². The number of pyridine rings is 1. The molecular formula is C19H18ClN3O. The molecule has 1 aromatic heterocycles. The fourth-order valence-corrected chi connectivity index (χ4v) is 2.83. The van der Waals surface area contributed by atoms with E-state index in [1.54, 1.807) is 0 Å². The predicted molar refractivity (Wildman–Crippen MR) is 99.7 cm³/mol. The monoisotopic (exact) mass is 339 g/mol. The second-order valence-corrected chi connectivity index (χ2v) is 5.79. The van der Waals surface area contributed by atoms with Crippen molar-refractivity contribution < 1.29 is 4.79 Å². The molecule has 0 unspecified atom stereocenters. The first-order chi connectivity index (χ1) is 11.7. The normalized spacial score (nSPS) is 10.6. The summed E-state index contributed by atoms with van der Waals surface area (Å²) < 4.78 is 0. The molecule has 0 saturated heterocycles. The molecule has 0 fully saturated rings. The van der Waals surface area contributed by atoms with Crippen LogP contribution in [0.2, 0.25) is 5.15 Å². The summed E-state index contributed by atoms with van der Waals surface area (Å²) in [5, 5.41) is 8.25. The van der Waals surface area contributed by atoms with E-state index >= 15 is 0 Å². The molecule has 0 saturated carbocycles. The van der Waals surface area contributed by atoms with Crippen molar-refractivity contribution in [3.8, 4) is 0 Å². The largest absolute Gasteiger partial charge is 0.361 e. The lowest BCUT2D eigenvalue weighted by atomic mass is 10.1. The van der Waals surface area contributed by atoms with Crippen molar-refractivity contribution in [3.05, 3.63) is 65.3 Å². The molecule has 4 nitrogen and oxygen atoms in total. The quantitative estimate of drug-likeness (QED) is 0.673. The van der Waals surface area contributed by atoms with Crippen molar-refractivity contribution in [1.29, 1.82) is 0 Å². The summed E-state index contributed by atoms with van der Waals surface area (Å²) in [6, 6.07) is 17.4. The summed E-state index contributed by atoms with van der Waals surface area (Å²) in [6.45, 7) is 2.18. The standard InChI is InChI=1S/C19H18ClN3O/c1-2-13-7-4-6-10-16(13)22-18(24)12-21-17-11-14-8-3-5-9-15(14)19(20)23-17/h3-11H,2,12H2,1H3,(H,21,23)(H,22,24). The van der Waals surface area contributed by atoms with E-state index in [9.17, 15) is 4.79 Å². The number of nitrogens with one attached hydrogen (secondary N) is 2. The number of aromatic nitrogens is 1. The summed E-state index contributed by atoms with van der Waals surface area (Å²) in [5.74, 6) is 0.458. The first-order valence-corrected chi connectivity index (χ1v) is 8.22. The van der Waals surface area contributed by atoms with Gasteiger partial charge in [-0.25, -0.2) is 4.98 Å². The van der Waals surface area contributed by atoms with E-state index < -0.39 is 0 Å². The van der Waals surface area contributed by atoms with Crippen LogP contribution in [0.25, 0.3) is 10.8 Å². The average Bonchev–Trinajstić information content (AvgIpc) is 2.60. The van der Waals surface area contributed by atoms with E-state index in [0.29, 0.717) is 11.0 Å². The van der Waals surface area contributed by atoms with E-state index in [-0.39, 0.29) is 12.5 Å². The lowest BCUT2D eigenvalue weighted by Crippen LogP contribution is -2.22. The zero-order valence-corrected chi connectivity index (χ0v) is 14.1. The Morgan fingerprint density at radius 2 is 1.88 bits per heavy atom. The highest BCUT2D eigenvalue weighted by atomic mass is 35.5. The molecule has 3 rings (SSSR count). The zero-order chi connectivity index (χ0) is 16.9. The third kappa shape index (κ3) is 3.66. The van der Waals surface area contributed by atoms with Crippen LogP contribution in [0.3, 0.4) is 0 Å². The van der Waals surface area contributed by atoms with Gasteiger partial charge in [-0.05, 0) is 29.5 Å². The maximum absolute atomic E-state index is 12.2. The summed E-state index contributed by atoms with van der Waals surface area (Å²) in [4.78, 5) is 16.5. The van der Waals surface area contributed by atoms with Gasteiger partial charge in [-0.1, -0.05) is 61.0 Å². The lowest BCUT2D eigenvalue weighted by molar-refractivity contribution is -0.114. The molecule has 3 aromatic rings. The van der Waals surface area contributed by atoms with Crippen molar-refractivity contribution in [3.63, 3.8) is 0 Å². The third-order valence-corrected chi connectivity index (χ3v) is 4.08. The Bertz CT molecular complexity index is 879. The highest BCUT2D eigenvalue weighted by molar-refractivity contribution is 6.34. The summed E-state index contributed by atoms with van der Waals surface area (Å²) in [6.07, 6.45) is 0.867. The molecule has 122 valence electrons. The fraction of sp³-hybridized carbons (Fsp3) is 0.158. The first kappa shape index (κ1) is 16.3. The van der Waals surface area contributed by atoms with Gasteiger partial charge in [0.25, 0.3) is 0 Å². The number of fused-ring (bicyclic) bond motifs is 1. The smallest absolute Gasteiger partial charge is 0.243 e. The van der Waals surface area contributed by atoms with Crippen LogP contribution < -0.4 is 10.6 Å². The summed E-state index contributed by atoms with van der Waals surface area (Å²) in [5.41, 5.74) is 1.95. The number of para-hydroxylation sites is 1. The van der Waals surface area contributed by atoms with Crippen molar-refractivity contribution in [2.45, 2.75) is 13.3 Å². The predicted octanol–water partition coefficient (Wildman–Crippen LogP) is 4.50. The molecule has 24 heavy (non-hydrogen) atoms. The van der Waals surface area contributed by atoms with Crippen LogP contribution >= 0.6 is 11.6 Å². The zero-order valence-electron chi connectivity index (χ0n) is 13.3. The number of nitrogens with zero attached hydrogens (tertiary/aromatic N) is 1. The minimum atomic E-state index is -0.123. The SMILES string of the molecule is CCc1ccccc1NC(=O)CNc1cc2ccccc2c(Cl)n1. The molecule has 0 radical (unpaired) electrons. The molecule has 0 aliphatic heterocycles. The number of hydrogen-bond acceptors (Lipinski definition) is 3. The van der Waals surface area contributed by atoms with Gasteiger partial charge < -0.3 is 10.6 Å². The Morgan fingerprint density at radius 3 is 2.71 bits per heavy atom. The molecule has 5 heteroatoms. The maximum atomic E-state index is 12.2. The van der Waals surface area contributed by atoms with Gasteiger partial charge in [-0.15, -0.1) is 0 Å². The Hall–Kier alpha value is -2.59. The molecule has 0 aliphatic rings. The molecule has 1 amide bonds. The number of anilines is 2. The minimum absolute atomic E-state index is 0.123. The van der Waals surface area contributed by atoms with Gasteiger partial charge in [0.15, 0.2) is 0 Å². The topological polar surface area (TPSA) is 54.0 Å². The van der Waals surface area contributed by atoms with Crippen LogP contribution in [0.4, 0.5) is 11.5 Å². The van der Waals surface area contributed by atoms with Crippen LogP contribution in [0.1, 0.15) is 12.5 Å². The molecule has 0 atom stereocenters. The van der Waals surface area contributed by atoms with Gasteiger partial charge in [-0.2, -0.15) is 0 Å². The first-order valence-electron chi connectivity index (χ1n) is 7.84. The van der Waals surface area contributed by atoms with Crippen LogP contribution in [-0.2, 0) is 11.2 Å². The van der Waals surface area contributed by atoms with Gasteiger partial charge >= 0.3 is 0 Å². The Balaban J connectivity index is 1.68. The molecular weight excluding hydrogens is 322 g/mol. The van der Waals surface area contributed by atoms with Crippen molar-refractivity contribution in [1.82, 2.24) is 4.98 Å². The number of amides is 1. The van der Waals surface area contributed by atoms with Gasteiger partial charge in [0.1, 0.15) is 11.0 Å². The third-order valence-electron chi connectivity index (χ3n) is 3.80. The van der Waals surface area contributed by atoms with Crippen LogP contribution in [0.15, 0.2) is 54.6 Å². The lowest BCUT2D eigenvalue weighted by Gasteiger charge is -2.11. The molecule has 1 heterocycles. The highest BCUT2D eigenvalue weighted by Crippen LogP contribution is 2.24. The van der Waals surface area contributed by atoms with E-state index in [4.69, 9.17) is 11.6 Å². The van der Waals surface area contributed by atoms with Crippen LogP contribution in [-0.4, -0.2) is 17.4 Å². The highest BCUT2D eigenvalue weighted by Gasteiger charge is 2.07. The Labute approximate surface area is 145 Å². The molecule has 0 aliphatic carbocycles. The molecule has 0 spiro atoms. The van der Waals surface area contributed by atoms with E-state index in [2.05, 4.69) is 22.5 Å². The summed E-state index contributed by atoms with van der Waals surface area (Å²) >= 11 is 6.20. The number of carbonyl (C=O) groups is 1. The Morgan fingerprint density at radius 1 is 1.12 bits per heavy atom. The van der Waals surface area contributed by atoms with Gasteiger partial charge in [0, 0.05) is 11.1 Å². The number of halogens is 1. The van der Waals surface area contributed by atoms with Gasteiger partial charge in [0.05, 0.1) is 6.54 Å². The van der Waals surface area contributed by atoms with Gasteiger partial charge in [0.2, 0.25) is 5.91 Å². The number of aryl methyl sites for hydroxylation is 1. The minimum Gasteiger partial charge on any atom is -0.361 e. The molecule has 2 aromatic carbocycles. The summed E-state index contributed by atoms with van der Waals surface area (Å²) in [7, 11) is 0. The van der Waals surface area contributed by atoms with Crippen molar-refractivity contribution >= 4 is 39.8 Å². The number of carbonyl (C=O) groups excluding carboxylic acids is 1. The second-order valence-electron chi connectivity index (χ2n) is 5.43. The van der Waals surface area contributed by atoms with E-state index in [0.717, 1.165) is 28.4 Å². The van der Waals surface area contributed by atoms with E-state index in [1.165, 1.54) is 0 Å². The molecule has 0 bridgehead atoms. The fourth-order valence-electron chi connectivity index (χ4n) is 2.56. The van der Waals surface area contributed by atoms with Crippen LogP contribution in [0.5, 0.6) is 0 Å². The van der Waals surface area contributed by atoms with Crippen molar-refractivity contribution in [2.75, 3.05) is 17.2 Å². The number of rotatable bonds is 5. The maximum Gasteiger partial charge on any atom is 0.243 e. The average molecular weight is 340 g/mol. The molecule has 2 N–H and O–H groups in total. The number of benzene rings is 2. The Kier molecular flexibility index (Phi) is 4.96. The van der Waals surface area contributed by atoms with Crippen LogP contribution in [0, 0.1) is 0 Å². The van der Waals surface area contributed by atoms with Gasteiger partial charge in [-0.3, -0.25) is 4.79 Å². The second kappa shape index (κ2) is 7.32. The van der Waals surface area contributed by atoms with Crippen molar-refractivity contribution in [2.24, 2.45) is 0 Å². The number of hydrogen-bond donors (Lipinski definition) is 2.